The summed E-state index contributed by atoms with van der Waals surface area (Å²) in [5, 5.41) is 0.537. The number of hydrogen-bond acceptors (Lipinski definition) is 3. The van der Waals surface area contributed by atoms with Crippen LogP contribution in [-0.4, -0.2) is 49.4 Å². The van der Waals surface area contributed by atoms with Crippen molar-refractivity contribution in [2.45, 2.75) is 6.42 Å². The van der Waals surface area contributed by atoms with Gasteiger partial charge in [0.1, 0.15) is 0 Å². The maximum atomic E-state index is 12.9. The summed E-state index contributed by atoms with van der Waals surface area (Å²) in [5.74, 6) is -0.257. The third kappa shape index (κ3) is 3.65. The van der Waals surface area contributed by atoms with Crippen molar-refractivity contribution in [3.63, 3.8) is 0 Å². The molecule has 0 unspecified atom stereocenters. The normalized spacial score (nSPS) is 20.3. The molecule has 0 radical (unpaired) electrons. The van der Waals surface area contributed by atoms with E-state index >= 15 is 0 Å². The Morgan fingerprint density at radius 1 is 0.926 bits per heavy atom. The van der Waals surface area contributed by atoms with Gasteiger partial charge in [-0.15, -0.1) is 0 Å². The molecule has 2 heterocycles. The number of carbonyl (C=O) groups is 2. The molecule has 0 N–H and O–H groups in total. The molecule has 4 rings (SSSR count). The molecule has 0 aromatic heterocycles. The highest BCUT2D eigenvalue weighted by Crippen LogP contribution is 2.31. The van der Waals surface area contributed by atoms with E-state index in [1.807, 2.05) is 41.3 Å². The van der Waals surface area contributed by atoms with Gasteiger partial charge in [-0.25, -0.2) is 0 Å². The van der Waals surface area contributed by atoms with Crippen molar-refractivity contribution in [3.05, 3.63) is 59.6 Å². The topological polar surface area (TPSA) is 43.9 Å². The second-order valence-electron chi connectivity index (χ2n) is 7.00. The molecule has 2 aromatic carbocycles. The van der Waals surface area contributed by atoms with E-state index in [4.69, 9.17) is 11.6 Å². The number of piperazine rings is 1. The van der Waals surface area contributed by atoms with Crippen LogP contribution < -0.4 is 9.80 Å². The molecule has 0 spiro atoms. The van der Waals surface area contributed by atoms with Crippen LogP contribution in [0.2, 0.25) is 5.02 Å². The van der Waals surface area contributed by atoms with Crippen LogP contribution in [0.25, 0.3) is 0 Å². The quantitative estimate of drug-likeness (QED) is 0.818. The predicted molar refractivity (Wildman–Crippen MR) is 107 cm³/mol. The number of hydrogen-bond donors (Lipinski definition) is 0. The summed E-state index contributed by atoms with van der Waals surface area (Å²) in [4.78, 5) is 31.2. The Morgan fingerprint density at radius 3 is 2.30 bits per heavy atom. The minimum atomic E-state index is -0.294. The Balaban J connectivity index is 1.38. The van der Waals surface area contributed by atoms with Crippen molar-refractivity contribution < 1.29 is 9.59 Å². The second-order valence-corrected chi connectivity index (χ2v) is 7.41. The van der Waals surface area contributed by atoms with Gasteiger partial charge in [-0.1, -0.05) is 41.9 Å². The van der Waals surface area contributed by atoms with E-state index in [0.29, 0.717) is 30.3 Å². The first-order chi connectivity index (χ1) is 13.1. The zero-order valence-electron chi connectivity index (χ0n) is 15.1. The number of amides is 2. The Kier molecular flexibility index (Phi) is 5.03. The first kappa shape index (κ1) is 17.9. The summed E-state index contributed by atoms with van der Waals surface area (Å²) in [6.07, 6.45) is 0.253. The molecule has 2 aromatic rings. The van der Waals surface area contributed by atoms with Crippen molar-refractivity contribution in [2.24, 2.45) is 5.92 Å². The monoisotopic (exact) mass is 383 g/mol. The molecule has 0 saturated carbocycles. The standard InChI is InChI=1S/C21H22ClN3O2/c22-18-8-4-5-9-19(18)25-15-16(14-20(25)26)21(27)24-12-10-23(11-13-24)17-6-2-1-3-7-17/h1-9,16H,10-15H2/t16-/m0/s1. The minimum absolute atomic E-state index is 0.0376. The summed E-state index contributed by atoms with van der Waals surface area (Å²) in [6.45, 7) is 3.39. The van der Waals surface area contributed by atoms with E-state index in [0.717, 1.165) is 13.1 Å². The molecule has 5 nitrogen and oxygen atoms in total. The smallest absolute Gasteiger partial charge is 0.228 e. The van der Waals surface area contributed by atoms with E-state index in [2.05, 4.69) is 17.0 Å². The highest BCUT2D eigenvalue weighted by molar-refractivity contribution is 6.33. The van der Waals surface area contributed by atoms with Crippen LogP contribution in [0.3, 0.4) is 0 Å². The lowest BCUT2D eigenvalue weighted by Gasteiger charge is -2.37. The molecule has 2 amide bonds. The van der Waals surface area contributed by atoms with E-state index in [1.165, 1.54) is 5.69 Å². The molecule has 0 aliphatic carbocycles. The molecule has 2 aliphatic rings. The van der Waals surface area contributed by atoms with Crippen molar-refractivity contribution >= 4 is 34.8 Å². The van der Waals surface area contributed by atoms with Gasteiger partial charge in [0.05, 0.1) is 16.6 Å². The van der Waals surface area contributed by atoms with Crippen LogP contribution in [0.4, 0.5) is 11.4 Å². The molecule has 6 heteroatoms. The molecule has 2 fully saturated rings. The summed E-state index contributed by atoms with van der Waals surface area (Å²) in [5.41, 5.74) is 1.87. The van der Waals surface area contributed by atoms with E-state index in [9.17, 15) is 9.59 Å². The summed E-state index contributed by atoms with van der Waals surface area (Å²) in [7, 11) is 0. The van der Waals surface area contributed by atoms with Gasteiger partial charge in [0.15, 0.2) is 0 Å². The van der Waals surface area contributed by atoms with Gasteiger partial charge in [0.2, 0.25) is 11.8 Å². The molecular weight excluding hydrogens is 362 g/mol. The number of para-hydroxylation sites is 2. The fraction of sp³-hybridized carbons (Fsp3) is 0.333. The van der Waals surface area contributed by atoms with Gasteiger partial charge >= 0.3 is 0 Å². The van der Waals surface area contributed by atoms with E-state index < -0.39 is 0 Å². The fourth-order valence-electron chi connectivity index (χ4n) is 3.86. The largest absolute Gasteiger partial charge is 0.368 e. The summed E-state index contributed by atoms with van der Waals surface area (Å²) >= 11 is 6.23. The maximum absolute atomic E-state index is 12.9. The fourth-order valence-corrected chi connectivity index (χ4v) is 4.10. The molecule has 2 saturated heterocycles. The number of carbonyl (C=O) groups excluding carboxylic acids is 2. The number of rotatable bonds is 3. The number of anilines is 2. The van der Waals surface area contributed by atoms with Gasteiger partial charge in [-0.05, 0) is 24.3 Å². The highest BCUT2D eigenvalue weighted by atomic mass is 35.5. The molecular formula is C21H22ClN3O2. The van der Waals surface area contributed by atoms with Gasteiger partial charge in [-0.2, -0.15) is 0 Å². The molecule has 140 valence electrons. The first-order valence-electron chi connectivity index (χ1n) is 9.27. The summed E-state index contributed by atoms with van der Waals surface area (Å²) in [6, 6.07) is 17.5. The third-order valence-electron chi connectivity index (χ3n) is 5.33. The van der Waals surface area contributed by atoms with Crippen LogP contribution in [0.1, 0.15) is 6.42 Å². The average Bonchev–Trinajstić information content (AvgIpc) is 3.10. The Labute approximate surface area is 164 Å². The van der Waals surface area contributed by atoms with Crippen molar-refractivity contribution in [1.29, 1.82) is 0 Å². The van der Waals surface area contributed by atoms with E-state index in [-0.39, 0.29) is 24.2 Å². The lowest BCUT2D eigenvalue weighted by atomic mass is 10.1. The predicted octanol–water partition coefficient (Wildman–Crippen LogP) is 3.04. The molecule has 0 bridgehead atoms. The zero-order valence-corrected chi connectivity index (χ0v) is 15.8. The first-order valence-corrected chi connectivity index (χ1v) is 9.65. The van der Waals surface area contributed by atoms with Gasteiger partial charge < -0.3 is 14.7 Å². The Hall–Kier alpha value is -2.53. The van der Waals surface area contributed by atoms with E-state index in [1.54, 1.807) is 11.0 Å². The zero-order chi connectivity index (χ0) is 18.8. The van der Waals surface area contributed by atoms with Crippen LogP contribution in [0, 0.1) is 5.92 Å². The number of benzene rings is 2. The van der Waals surface area contributed by atoms with Crippen LogP contribution in [0.5, 0.6) is 0 Å². The lowest BCUT2D eigenvalue weighted by Crippen LogP contribution is -2.50. The van der Waals surface area contributed by atoms with Gasteiger partial charge in [0.25, 0.3) is 0 Å². The highest BCUT2D eigenvalue weighted by Gasteiger charge is 2.38. The Morgan fingerprint density at radius 2 is 1.59 bits per heavy atom. The Bertz CT molecular complexity index is 834. The SMILES string of the molecule is O=C([C@H]1CC(=O)N(c2ccccc2Cl)C1)N1CCN(c2ccccc2)CC1. The third-order valence-corrected chi connectivity index (χ3v) is 5.65. The minimum Gasteiger partial charge on any atom is -0.368 e. The second kappa shape index (κ2) is 7.61. The van der Waals surface area contributed by atoms with Crippen LogP contribution >= 0.6 is 11.6 Å². The van der Waals surface area contributed by atoms with Crippen LogP contribution in [-0.2, 0) is 9.59 Å². The van der Waals surface area contributed by atoms with Crippen LogP contribution in [0.15, 0.2) is 54.6 Å². The maximum Gasteiger partial charge on any atom is 0.228 e. The number of nitrogens with zero attached hydrogens (tertiary/aromatic N) is 3. The molecule has 1 atom stereocenters. The van der Waals surface area contributed by atoms with Crippen molar-refractivity contribution in [1.82, 2.24) is 4.90 Å². The van der Waals surface area contributed by atoms with Crippen molar-refractivity contribution in [2.75, 3.05) is 42.5 Å². The van der Waals surface area contributed by atoms with Gasteiger partial charge in [0, 0.05) is 44.8 Å². The molecule has 2 aliphatic heterocycles. The number of halogens is 1. The lowest BCUT2D eigenvalue weighted by molar-refractivity contribution is -0.136. The van der Waals surface area contributed by atoms with Crippen molar-refractivity contribution in [3.8, 4) is 0 Å². The summed E-state index contributed by atoms with van der Waals surface area (Å²) < 4.78 is 0. The molecule has 27 heavy (non-hydrogen) atoms. The average molecular weight is 384 g/mol. The van der Waals surface area contributed by atoms with Gasteiger partial charge in [-0.3, -0.25) is 9.59 Å².